The molecular formula is C51H54N9OP3. The van der Waals surface area contributed by atoms with Gasteiger partial charge >= 0.3 is 0 Å². The second kappa shape index (κ2) is 19.7. The van der Waals surface area contributed by atoms with Gasteiger partial charge in [-0.15, -0.1) is 9.24 Å². The van der Waals surface area contributed by atoms with Crippen molar-refractivity contribution < 1.29 is 4.79 Å². The Morgan fingerprint density at radius 3 is 1.39 bits per heavy atom. The molecule has 0 saturated heterocycles. The van der Waals surface area contributed by atoms with Gasteiger partial charge in [-0.3, -0.25) is 4.79 Å². The van der Waals surface area contributed by atoms with Crippen molar-refractivity contribution in [1.29, 1.82) is 0 Å². The minimum Gasteiger partial charge on any atom is -0.323 e. The molecule has 0 saturated carbocycles. The van der Waals surface area contributed by atoms with Crippen molar-refractivity contribution in [2.45, 2.75) is 62.3 Å². The summed E-state index contributed by atoms with van der Waals surface area (Å²) in [6.07, 6.45) is 14.6. The molecule has 9 aromatic rings. The first-order valence-corrected chi connectivity index (χ1v) is 22.6. The largest absolute Gasteiger partial charge is 0.323 e. The summed E-state index contributed by atoms with van der Waals surface area (Å²) in [6.45, 7) is 18.8. The first-order valence-electron chi connectivity index (χ1n) is 20.9. The van der Waals surface area contributed by atoms with Gasteiger partial charge in [-0.05, 0) is 158 Å². The Labute approximate surface area is 382 Å². The first-order chi connectivity index (χ1) is 30.6. The van der Waals surface area contributed by atoms with Crippen molar-refractivity contribution in [3.8, 4) is 33.8 Å². The van der Waals surface area contributed by atoms with E-state index >= 15 is 0 Å². The lowest BCUT2D eigenvalue weighted by molar-refractivity contribution is 0.269. The second-order valence-electron chi connectivity index (χ2n) is 16.1. The van der Waals surface area contributed by atoms with E-state index in [1.54, 1.807) is 0 Å². The smallest absolute Gasteiger partial charge is 0.239 e. The number of rotatable bonds is 6. The highest BCUT2D eigenvalue weighted by atomic mass is 31.0. The fraction of sp³-hybridized carbons (Fsp3) is 0.176. The van der Waals surface area contributed by atoms with Crippen LogP contribution in [-0.2, 0) is 0 Å². The van der Waals surface area contributed by atoms with Gasteiger partial charge in [-0.2, -0.15) is 10.00 Å². The maximum absolute atomic E-state index is 11.2. The molecule has 324 valence electrons. The Balaban J connectivity index is 0.000000144. The molecule has 1 N–H and O–H groups in total. The highest BCUT2D eigenvalue weighted by Gasteiger charge is 2.14. The lowest BCUT2D eigenvalue weighted by Gasteiger charge is -2.12. The summed E-state index contributed by atoms with van der Waals surface area (Å²) >= 11 is 0. The maximum atomic E-state index is 11.2. The number of aromatic nitrogens is 6. The van der Waals surface area contributed by atoms with Crippen molar-refractivity contribution in [3.63, 3.8) is 0 Å². The molecule has 0 aliphatic heterocycles. The number of carbonyl (C=O) groups is 1. The molecule has 0 fully saturated rings. The van der Waals surface area contributed by atoms with Crippen LogP contribution >= 0.6 is 27.9 Å². The van der Waals surface area contributed by atoms with Crippen molar-refractivity contribution >= 4 is 67.9 Å². The Hall–Kier alpha value is -6.17. The highest BCUT2D eigenvalue weighted by molar-refractivity contribution is 7.40. The second-order valence-corrected chi connectivity index (χ2v) is 17.2. The van der Waals surface area contributed by atoms with Gasteiger partial charge in [0, 0.05) is 68.9 Å². The van der Waals surface area contributed by atoms with E-state index in [9.17, 15) is 4.79 Å². The fourth-order valence-electron chi connectivity index (χ4n) is 7.72. The highest BCUT2D eigenvalue weighted by Crippen LogP contribution is 2.33. The van der Waals surface area contributed by atoms with Crippen molar-refractivity contribution in [3.05, 3.63) is 171 Å². The van der Waals surface area contributed by atoms with Crippen LogP contribution in [0.25, 0.3) is 56.8 Å². The van der Waals surface area contributed by atoms with Gasteiger partial charge in [0.1, 0.15) is 16.9 Å². The first kappa shape index (κ1) is 45.8. The predicted molar refractivity (Wildman–Crippen MR) is 276 cm³/mol. The number of fused-ring (bicyclic) bond motifs is 3. The van der Waals surface area contributed by atoms with Gasteiger partial charge in [0.25, 0.3) is 0 Å². The third-order valence-corrected chi connectivity index (χ3v) is 12.2. The Morgan fingerprint density at radius 2 is 0.953 bits per heavy atom. The van der Waals surface area contributed by atoms with Crippen molar-refractivity contribution in [2.24, 2.45) is 10.00 Å². The van der Waals surface area contributed by atoms with Crippen LogP contribution in [0.2, 0.25) is 0 Å². The van der Waals surface area contributed by atoms with Gasteiger partial charge in [-0.1, -0.05) is 54.4 Å². The molecule has 0 spiro atoms. The molecule has 0 bridgehead atoms. The van der Waals surface area contributed by atoms with Crippen LogP contribution in [-0.4, -0.2) is 33.8 Å². The number of benzene rings is 3. The lowest BCUT2D eigenvalue weighted by Crippen LogP contribution is -2.03. The summed E-state index contributed by atoms with van der Waals surface area (Å²) in [6, 6.07) is 24.7. The molecule has 6 aromatic heterocycles. The van der Waals surface area contributed by atoms with E-state index in [1.807, 2.05) is 53.7 Å². The number of anilines is 1. The van der Waals surface area contributed by atoms with Crippen LogP contribution in [0.4, 0.5) is 16.2 Å². The molecule has 6 heterocycles. The maximum Gasteiger partial charge on any atom is 0.239 e. The standard InChI is InChI=1S/C18H19N2P.C17H18N3OP.C16H17N4P/c1-12-4-7-18-19-17(11-20(18)10-12)16-6-5-15(8-9-21)13(2)14(16)3;1-10-4-7-16-18-15(9-20(16)8-10)13-5-6-14(19-17(21)22)12(3)11(13)2;1-10-4-7-16-17-15(9-20(16)8-10)13-5-6-14(18-19-21)12(3)11(13)2/h4-11H,21H2,1-3H3;4-9H,22H2,1-3H3,(H,19,21);4-9H,21H2,1-3H3/b9-8+;;. The summed E-state index contributed by atoms with van der Waals surface area (Å²) in [7, 11) is 7.02. The summed E-state index contributed by atoms with van der Waals surface area (Å²) in [5.41, 5.74) is 22.8. The van der Waals surface area contributed by atoms with E-state index in [2.05, 4.69) is 192 Å². The Morgan fingerprint density at radius 1 is 0.531 bits per heavy atom. The third-order valence-electron chi connectivity index (χ3n) is 11.7. The molecule has 0 aliphatic rings. The zero-order chi connectivity index (χ0) is 45.8. The molecule has 3 unspecified atom stereocenters. The molecule has 1 amide bonds. The number of hydrogen-bond acceptors (Lipinski definition) is 6. The van der Waals surface area contributed by atoms with Gasteiger partial charge in [0.2, 0.25) is 5.65 Å². The fourth-order valence-corrected chi connectivity index (χ4v) is 8.21. The number of pyridine rings is 3. The van der Waals surface area contributed by atoms with E-state index in [-0.39, 0.29) is 5.65 Å². The van der Waals surface area contributed by atoms with E-state index < -0.39 is 0 Å². The van der Waals surface area contributed by atoms with Crippen LogP contribution in [0.15, 0.2) is 126 Å². The van der Waals surface area contributed by atoms with Gasteiger partial charge < -0.3 is 18.5 Å². The summed E-state index contributed by atoms with van der Waals surface area (Å²) in [5.74, 6) is 2.00. The monoisotopic (exact) mass is 901 g/mol. The molecule has 3 aromatic carbocycles. The van der Waals surface area contributed by atoms with E-state index in [0.29, 0.717) is 0 Å². The van der Waals surface area contributed by atoms with E-state index in [4.69, 9.17) is 9.97 Å². The third kappa shape index (κ3) is 9.96. The SMILES string of the molecule is Cc1ccc2nc(-c3ccc(/C=C/P)c(C)c3C)cn2c1.Cc1ccc2nc(-c3ccc(N=NP)c(C)c3C)cn2c1.Cc1ccc2nc(-c3ccc(NC(=O)P)c(C)c3C)cn2c1. The van der Waals surface area contributed by atoms with Crippen LogP contribution in [0.1, 0.15) is 55.6 Å². The van der Waals surface area contributed by atoms with Crippen molar-refractivity contribution in [1.82, 2.24) is 28.2 Å². The number of nitrogens with one attached hydrogen (secondary N) is 1. The molecule has 0 aliphatic carbocycles. The quantitative estimate of drug-likeness (QED) is 0.132. The van der Waals surface area contributed by atoms with Gasteiger partial charge in [0.05, 0.1) is 22.8 Å². The number of nitrogens with zero attached hydrogens (tertiary/aromatic N) is 8. The average Bonchev–Trinajstić information content (AvgIpc) is 4.00. The molecule has 3 atom stereocenters. The normalized spacial score (nSPS) is 11.4. The number of imidazole rings is 3. The molecule has 0 radical (unpaired) electrons. The van der Waals surface area contributed by atoms with Gasteiger partial charge in [0.15, 0.2) is 0 Å². The van der Waals surface area contributed by atoms with Crippen molar-refractivity contribution in [2.75, 3.05) is 5.32 Å². The zero-order valence-corrected chi connectivity index (χ0v) is 41.2. The van der Waals surface area contributed by atoms with E-state index in [0.717, 1.165) is 73.2 Å². The average molecular weight is 902 g/mol. The number of aryl methyl sites for hydroxylation is 3. The van der Waals surface area contributed by atoms with Gasteiger partial charge in [-0.25, -0.2) is 15.0 Å². The zero-order valence-electron chi connectivity index (χ0n) is 37.8. The summed E-state index contributed by atoms with van der Waals surface area (Å²) < 4.78 is 6.20. The molecule has 13 heteroatoms. The Bertz CT molecular complexity index is 3120. The van der Waals surface area contributed by atoms with Crippen LogP contribution in [0.3, 0.4) is 0 Å². The van der Waals surface area contributed by atoms with Crippen LogP contribution < -0.4 is 5.32 Å². The van der Waals surface area contributed by atoms with Crippen LogP contribution in [0, 0.1) is 62.3 Å². The topological polar surface area (TPSA) is 106 Å². The molecular weight excluding hydrogens is 848 g/mol. The minimum absolute atomic E-state index is 0.140. The number of amides is 1. The minimum atomic E-state index is -0.140. The molecule has 9 rings (SSSR count). The molecule has 10 nitrogen and oxygen atoms in total. The molecule has 64 heavy (non-hydrogen) atoms. The summed E-state index contributed by atoms with van der Waals surface area (Å²) in [5, 5.41) is 6.94. The number of hydrogen-bond donors (Lipinski definition) is 1. The Kier molecular flexibility index (Phi) is 14.1. The van der Waals surface area contributed by atoms with E-state index in [1.165, 1.54) is 44.5 Å². The number of carbonyl (C=O) groups excluding carboxylic acids is 1. The predicted octanol–water partition coefficient (Wildman–Crippen LogP) is 13.9. The lowest BCUT2D eigenvalue weighted by atomic mass is 9.96. The van der Waals surface area contributed by atoms with Crippen LogP contribution in [0.5, 0.6) is 0 Å². The summed E-state index contributed by atoms with van der Waals surface area (Å²) in [4.78, 5) is 29.1.